The molecular formula is C15H11F2NO3. The van der Waals surface area contributed by atoms with Crippen molar-refractivity contribution in [2.24, 2.45) is 0 Å². The highest BCUT2D eigenvalue weighted by atomic mass is 19.1. The lowest BCUT2D eigenvalue weighted by Gasteiger charge is -2.04. The van der Waals surface area contributed by atoms with Crippen molar-refractivity contribution in [3.63, 3.8) is 0 Å². The number of carbonyl (C=O) groups is 1. The van der Waals surface area contributed by atoms with Gasteiger partial charge < -0.3 is 0 Å². The molecule has 0 heterocycles. The molecule has 2 rings (SSSR count). The van der Waals surface area contributed by atoms with Crippen LogP contribution in [0, 0.1) is 28.7 Å². The van der Waals surface area contributed by atoms with Crippen LogP contribution >= 0.6 is 0 Å². The minimum Gasteiger partial charge on any atom is -0.294 e. The number of Topliss-reactive ketones (excluding diaryl/α,β-unsaturated/α-hetero) is 1. The van der Waals surface area contributed by atoms with Gasteiger partial charge in [0.05, 0.1) is 4.92 Å². The number of aryl methyl sites for hydroxylation is 1. The molecule has 0 aliphatic carbocycles. The summed E-state index contributed by atoms with van der Waals surface area (Å²) >= 11 is 0. The van der Waals surface area contributed by atoms with Gasteiger partial charge in [0.1, 0.15) is 11.6 Å². The number of halogens is 2. The Morgan fingerprint density at radius 1 is 1.19 bits per heavy atom. The van der Waals surface area contributed by atoms with E-state index in [0.29, 0.717) is 11.6 Å². The smallest absolute Gasteiger partial charge is 0.273 e. The van der Waals surface area contributed by atoms with Crippen molar-refractivity contribution in [3.8, 4) is 0 Å². The maximum atomic E-state index is 13.5. The molecule has 0 unspecified atom stereocenters. The molecule has 0 aliphatic heterocycles. The van der Waals surface area contributed by atoms with Gasteiger partial charge in [-0.25, -0.2) is 8.78 Å². The minimum absolute atomic E-state index is 0.0460. The summed E-state index contributed by atoms with van der Waals surface area (Å²) in [5.74, 6) is -2.01. The van der Waals surface area contributed by atoms with Gasteiger partial charge in [-0.05, 0) is 18.6 Å². The molecular weight excluding hydrogens is 280 g/mol. The zero-order valence-electron chi connectivity index (χ0n) is 11.1. The lowest BCUT2D eigenvalue weighted by atomic mass is 10.0. The summed E-state index contributed by atoms with van der Waals surface area (Å²) in [6.07, 6.45) is -0.285. The number of nitro benzene ring substituents is 1. The fourth-order valence-corrected chi connectivity index (χ4v) is 1.92. The predicted molar refractivity (Wildman–Crippen MR) is 72.2 cm³/mol. The molecule has 0 fully saturated rings. The van der Waals surface area contributed by atoms with Gasteiger partial charge in [0.2, 0.25) is 0 Å². The maximum Gasteiger partial charge on any atom is 0.273 e. The van der Waals surface area contributed by atoms with E-state index in [0.717, 1.165) is 6.07 Å². The molecule has 0 saturated heterocycles. The van der Waals surface area contributed by atoms with Gasteiger partial charge in [-0.15, -0.1) is 0 Å². The molecule has 4 nitrogen and oxygen atoms in total. The number of nitro groups is 1. The van der Waals surface area contributed by atoms with E-state index in [1.54, 1.807) is 6.92 Å². The van der Waals surface area contributed by atoms with E-state index in [1.165, 1.54) is 24.3 Å². The third-order valence-electron chi connectivity index (χ3n) is 3.09. The molecule has 0 radical (unpaired) electrons. The van der Waals surface area contributed by atoms with E-state index >= 15 is 0 Å². The van der Waals surface area contributed by atoms with Crippen molar-refractivity contribution in [2.75, 3.05) is 0 Å². The van der Waals surface area contributed by atoms with Crippen LogP contribution in [0.5, 0.6) is 0 Å². The first kappa shape index (κ1) is 14.8. The van der Waals surface area contributed by atoms with Crippen LogP contribution in [0.1, 0.15) is 21.5 Å². The van der Waals surface area contributed by atoms with Crippen molar-refractivity contribution in [1.29, 1.82) is 0 Å². The fraction of sp³-hybridized carbons (Fsp3) is 0.133. The molecule has 0 aliphatic rings. The Morgan fingerprint density at radius 2 is 1.90 bits per heavy atom. The molecule has 2 aromatic carbocycles. The van der Waals surface area contributed by atoms with Gasteiger partial charge in [-0.1, -0.05) is 18.2 Å². The zero-order valence-corrected chi connectivity index (χ0v) is 11.1. The normalized spacial score (nSPS) is 10.4. The SMILES string of the molecule is Cc1ccc(C(=O)Cc2ccc(F)cc2F)cc1[N+](=O)[O-]. The van der Waals surface area contributed by atoms with Gasteiger partial charge in [0.15, 0.2) is 5.78 Å². The number of ketones is 1. The average molecular weight is 291 g/mol. The predicted octanol–water partition coefficient (Wildman–Crippen LogP) is 3.61. The van der Waals surface area contributed by atoms with E-state index in [1.807, 2.05) is 0 Å². The van der Waals surface area contributed by atoms with Crippen molar-refractivity contribution < 1.29 is 18.5 Å². The molecule has 0 amide bonds. The lowest BCUT2D eigenvalue weighted by molar-refractivity contribution is -0.385. The van der Waals surface area contributed by atoms with Gasteiger partial charge in [0.25, 0.3) is 5.69 Å². The van der Waals surface area contributed by atoms with E-state index in [2.05, 4.69) is 0 Å². The first-order valence-corrected chi connectivity index (χ1v) is 6.10. The Morgan fingerprint density at radius 3 is 2.52 bits per heavy atom. The Hall–Kier alpha value is -2.63. The van der Waals surface area contributed by atoms with E-state index in [9.17, 15) is 23.7 Å². The molecule has 0 spiro atoms. The van der Waals surface area contributed by atoms with Crippen molar-refractivity contribution in [2.45, 2.75) is 13.3 Å². The molecule has 21 heavy (non-hydrogen) atoms. The minimum atomic E-state index is -0.815. The summed E-state index contributed by atoms with van der Waals surface area (Å²) in [4.78, 5) is 22.3. The standard InChI is InChI=1S/C15H11F2NO3/c1-9-2-3-11(6-14(9)18(20)21)15(19)7-10-4-5-12(16)8-13(10)17/h2-6,8H,7H2,1H3. The number of nitrogens with zero attached hydrogens (tertiary/aromatic N) is 1. The van der Waals surface area contributed by atoms with Gasteiger partial charge in [-0.2, -0.15) is 0 Å². The number of hydrogen-bond donors (Lipinski definition) is 0. The van der Waals surface area contributed by atoms with Crippen LogP contribution < -0.4 is 0 Å². The van der Waals surface area contributed by atoms with Crippen LogP contribution in [-0.4, -0.2) is 10.7 Å². The number of hydrogen-bond acceptors (Lipinski definition) is 3. The molecule has 0 bridgehead atoms. The summed E-state index contributed by atoms with van der Waals surface area (Å²) in [6, 6.07) is 7.02. The van der Waals surface area contributed by atoms with Gasteiger partial charge in [-0.3, -0.25) is 14.9 Å². The monoisotopic (exact) mass is 291 g/mol. The second-order valence-corrected chi connectivity index (χ2v) is 4.59. The highest BCUT2D eigenvalue weighted by Crippen LogP contribution is 2.21. The summed E-state index contributed by atoms with van der Waals surface area (Å²) in [5.41, 5.74) is 0.436. The van der Waals surface area contributed by atoms with Crippen LogP contribution in [0.3, 0.4) is 0 Å². The second kappa shape index (κ2) is 5.78. The van der Waals surface area contributed by atoms with Crippen LogP contribution in [0.25, 0.3) is 0 Å². The molecule has 2 aromatic rings. The van der Waals surface area contributed by atoms with Crippen LogP contribution in [0.15, 0.2) is 36.4 Å². The fourth-order valence-electron chi connectivity index (χ4n) is 1.92. The summed E-state index contributed by atoms with van der Waals surface area (Å²) in [5, 5.41) is 10.8. The van der Waals surface area contributed by atoms with Crippen LogP contribution in [0.4, 0.5) is 14.5 Å². The maximum absolute atomic E-state index is 13.5. The Labute approximate surface area is 119 Å². The third kappa shape index (κ3) is 3.28. The molecule has 0 N–H and O–H groups in total. The summed E-state index contributed by atoms with van der Waals surface area (Å²) in [7, 11) is 0. The topological polar surface area (TPSA) is 60.2 Å². The molecule has 0 saturated carbocycles. The molecule has 0 aromatic heterocycles. The highest BCUT2D eigenvalue weighted by molar-refractivity contribution is 5.98. The van der Waals surface area contributed by atoms with Gasteiger partial charge >= 0.3 is 0 Å². The van der Waals surface area contributed by atoms with E-state index < -0.39 is 22.3 Å². The average Bonchev–Trinajstić information content (AvgIpc) is 2.42. The Balaban J connectivity index is 2.28. The zero-order chi connectivity index (χ0) is 15.6. The first-order chi connectivity index (χ1) is 9.88. The number of carbonyl (C=O) groups excluding carboxylic acids is 1. The summed E-state index contributed by atoms with van der Waals surface area (Å²) in [6.45, 7) is 1.56. The number of benzene rings is 2. The molecule has 6 heteroatoms. The second-order valence-electron chi connectivity index (χ2n) is 4.59. The first-order valence-electron chi connectivity index (χ1n) is 6.10. The number of rotatable bonds is 4. The van der Waals surface area contributed by atoms with E-state index in [-0.39, 0.29) is 23.2 Å². The quantitative estimate of drug-likeness (QED) is 0.491. The Bertz CT molecular complexity index is 729. The van der Waals surface area contributed by atoms with Gasteiger partial charge in [0, 0.05) is 29.7 Å². The molecule has 108 valence electrons. The van der Waals surface area contributed by atoms with Crippen LogP contribution in [-0.2, 0) is 6.42 Å². The lowest BCUT2D eigenvalue weighted by Crippen LogP contribution is -2.06. The van der Waals surface area contributed by atoms with Crippen molar-refractivity contribution >= 4 is 11.5 Å². The largest absolute Gasteiger partial charge is 0.294 e. The van der Waals surface area contributed by atoms with Crippen LogP contribution in [0.2, 0.25) is 0 Å². The van der Waals surface area contributed by atoms with Crippen molar-refractivity contribution in [3.05, 3.63) is 74.8 Å². The third-order valence-corrected chi connectivity index (χ3v) is 3.09. The van der Waals surface area contributed by atoms with Crippen molar-refractivity contribution in [1.82, 2.24) is 0 Å². The Kier molecular flexibility index (Phi) is 4.07. The summed E-state index contributed by atoms with van der Waals surface area (Å²) < 4.78 is 26.3. The molecule has 0 atom stereocenters. The highest BCUT2D eigenvalue weighted by Gasteiger charge is 2.16. The van der Waals surface area contributed by atoms with E-state index in [4.69, 9.17) is 0 Å².